The highest BCUT2D eigenvalue weighted by molar-refractivity contribution is 5.96. The quantitative estimate of drug-likeness (QED) is 0.753. The van der Waals surface area contributed by atoms with Gasteiger partial charge in [0.15, 0.2) is 0 Å². The number of ether oxygens (including phenoxy) is 2. The fraction of sp³-hybridized carbons (Fsp3) is 0.500. The van der Waals surface area contributed by atoms with Crippen LogP contribution in [-0.4, -0.2) is 43.1 Å². The average Bonchev–Trinajstić information content (AvgIpc) is 2.93. The van der Waals surface area contributed by atoms with Gasteiger partial charge in [-0.3, -0.25) is 9.59 Å². The van der Waals surface area contributed by atoms with E-state index in [0.29, 0.717) is 25.3 Å². The molecular formula is C16H21NO4. The van der Waals surface area contributed by atoms with Gasteiger partial charge in [0.05, 0.1) is 13.2 Å². The zero-order valence-corrected chi connectivity index (χ0v) is 12.6. The van der Waals surface area contributed by atoms with Crippen LogP contribution in [0.5, 0.6) is 5.75 Å². The maximum Gasteiger partial charge on any atom is 0.325 e. The molecule has 1 aromatic rings. The van der Waals surface area contributed by atoms with E-state index in [0.717, 1.165) is 24.2 Å². The van der Waals surface area contributed by atoms with Crippen LogP contribution in [0.3, 0.4) is 0 Å². The Morgan fingerprint density at radius 2 is 2.14 bits per heavy atom. The number of carbonyl (C=O) groups excluding carboxylic acids is 2. The Labute approximate surface area is 124 Å². The van der Waals surface area contributed by atoms with Gasteiger partial charge in [-0.05, 0) is 37.1 Å². The molecule has 0 spiro atoms. The van der Waals surface area contributed by atoms with Crippen LogP contribution in [0.2, 0.25) is 0 Å². The molecule has 0 saturated heterocycles. The van der Waals surface area contributed by atoms with E-state index in [1.807, 2.05) is 19.1 Å². The highest BCUT2D eigenvalue weighted by Gasteiger charge is 2.21. The van der Waals surface area contributed by atoms with Gasteiger partial charge in [-0.2, -0.15) is 0 Å². The molecule has 0 aromatic heterocycles. The number of rotatable bonds is 6. The predicted octanol–water partition coefficient (Wildman–Crippen LogP) is 2.04. The molecule has 0 N–H and O–H groups in total. The molecule has 0 aliphatic carbocycles. The minimum absolute atomic E-state index is 0.00586. The normalized spacial score (nSPS) is 12.5. The first-order valence-electron chi connectivity index (χ1n) is 7.36. The molecule has 0 bridgehead atoms. The van der Waals surface area contributed by atoms with Gasteiger partial charge in [0.1, 0.15) is 12.3 Å². The van der Waals surface area contributed by atoms with E-state index < -0.39 is 0 Å². The third-order valence-electron chi connectivity index (χ3n) is 3.34. The van der Waals surface area contributed by atoms with Crippen molar-refractivity contribution in [2.24, 2.45) is 0 Å². The number of benzene rings is 1. The van der Waals surface area contributed by atoms with Crippen molar-refractivity contribution in [1.29, 1.82) is 0 Å². The molecule has 21 heavy (non-hydrogen) atoms. The molecule has 0 radical (unpaired) electrons. The largest absolute Gasteiger partial charge is 0.493 e. The van der Waals surface area contributed by atoms with E-state index in [1.54, 1.807) is 13.0 Å². The first kappa shape index (κ1) is 15.4. The van der Waals surface area contributed by atoms with Crippen molar-refractivity contribution in [2.75, 3.05) is 26.3 Å². The second-order valence-corrected chi connectivity index (χ2v) is 4.95. The van der Waals surface area contributed by atoms with Crippen molar-refractivity contribution < 1.29 is 19.1 Å². The Bertz CT molecular complexity index is 527. The molecule has 1 aliphatic heterocycles. The van der Waals surface area contributed by atoms with Gasteiger partial charge < -0.3 is 14.4 Å². The lowest BCUT2D eigenvalue weighted by molar-refractivity contribution is -0.143. The first-order valence-corrected chi connectivity index (χ1v) is 7.36. The Kier molecular flexibility index (Phi) is 5.20. The average molecular weight is 291 g/mol. The highest BCUT2D eigenvalue weighted by Crippen LogP contribution is 2.26. The lowest BCUT2D eigenvalue weighted by atomic mass is 10.1. The zero-order valence-electron chi connectivity index (χ0n) is 12.6. The lowest BCUT2D eigenvalue weighted by Crippen LogP contribution is -2.37. The van der Waals surface area contributed by atoms with Crippen molar-refractivity contribution in [3.63, 3.8) is 0 Å². The smallest absolute Gasteiger partial charge is 0.325 e. The Morgan fingerprint density at radius 3 is 2.86 bits per heavy atom. The van der Waals surface area contributed by atoms with Crippen molar-refractivity contribution >= 4 is 11.9 Å². The summed E-state index contributed by atoms with van der Waals surface area (Å²) in [4.78, 5) is 25.7. The maximum absolute atomic E-state index is 12.6. The Hall–Kier alpha value is -2.04. The Morgan fingerprint density at radius 1 is 1.33 bits per heavy atom. The number of esters is 1. The van der Waals surface area contributed by atoms with Gasteiger partial charge in [0.25, 0.3) is 5.91 Å². The molecule has 1 aromatic carbocycles. The van der Waals surface area contributed by atoms with Gasteiger partial charge in [0, 0.05) is 18.5 Å². The number of nitrogens with zero attached hydrogens (tertiary/aromatic N) is 1. The number of fused-ring (bicyclic) bond motifs is 1. The monoisotopic (exact) mass is 291 g/mol. The van der Waals surface area contributed by atoms with Crippen molar-refractivity contribution in [1.82, 2.24) is 4.90 Å². The first-order chi connectivity index (χ1) is 10.2. The minimum Gasteiger partial charge on any atom is -0.493 e. The molecule has 114 valence electrons. The third-order valence-corrected chi connectivity index (χ3v) is 3.34. The molecule has 1 aliphatic rings. The number of amides is 1. The number of carbonyl (C=O) groups is 2. The second-order valence-electron chi connectivity index (χ2n) is 4.95. The number of hydrogen-bond acceptors (Lipinski definition) is 4. The molecule has 1 amide bonds. The standard InChI is InChI=1S/C16H21NO4/c1-3-8-17(11-15(18)20-4-2)16(19)13-5-6-14-12(10-13)7-9-21-14/h5-6,10H,3-4,7-9,11H2,1-2H3. The van der Waals surface area contributed by atoms with Crippen LogP contribution >= 0.6 is 0 Å². The topological polar surface area (TPSA) is 55.8 Å². The van der Waals surface area contributed by atoms with Crippen LogP contribution < -0.4 is 4.74 Å². The van der Waals surface area contributed by atoms with E-state index in [-0.39, 0.29) is 18.4 Å². The van der Waals surface area contributed by atoms with E-state index in [9.17, 15) is 9.59 Å². The van der Waals surface area contributed by atoms with Gasteiger partial charge in [-0.15, -0.1) is 0 Å². The summed E-state index contributed by atoms with van der Waals surface area (Å²) in [5.74, 6) is 0.336. The summed E-state index contributed by atoms with van der Waals surface area (Å²) >= 11 is 0. The maximum atomic E-state index is 12.6. The molecule has 0 fully saturated rings. The highest BCUT2D eigenvalue weighted by atomic mass is 16.5. The van der Waals surface area contributed by atoms with Crippen LogP contribution in [-0.2, 0) is 16.0 Å². The van der Waals surface area contributed by atoms with Gasteiger partial charge in [0.2, 0.25) is 0 Å². The summed E-state index contributed by atoms with van der Waals surface area (Å²) in [7, 11) is 0. The van der Waals surface area contributed by atoms with E-state index >= 15 is 0 Å². The summed E-state index contributed by atoms with van der Waals surface area (Å²) in [5.41, 5.74) is 1.64. The Balaban J connectivity index is 2.12. The lowest BCUT2D eigenvalue weighted by Gasteiger charge is -2.21. The summed E-state index contributed by atoms with van der Waals surface area (Å²) < 4.78 is 10.4. The summed E-state index contributed by atoms with van der Waals surface area (Å²) in [5, 5.41) is 0. The van der Waals surface area contributed by atoms with Gasteiger partial charge in [-0.1, -0.05) is 6.92 Å². The molecule has 1 heterocycles. The van der Waals surface area contributed by atoms with E-state index in [4.69, 9.17) is 9.47 Å². The molecule has 5 nitrogen and oxygen atoms in total. The summed E-state index contributed by atoms with van der Waals surface area (Å²) in [6, 6.07) is 5.43. The van der Waals surface area contributed by atoms with Crippen LogP contribution in [0.15, 0.2) is 18.2 Å². The minimum atomic E-state index is -0.371. The number of hydrogen-bond donors (Lipinski definition) is 0. The fourth-order valence-corrected chi connectivity index (χ4v) is 2.39. The molecule has 0 unspecified atom stereocenters. The van der Waals surface area contributed by atoms with Gasteiger partial charge >= 0.3 is 5.97 Å². The van der Waals surface area contributed by atoms with Crippen LogP contribution in [0.4, 0.5) is 0 Å². The van der Waals surface area contributed by atoms with Gasteiger partial charge in [-0.25, -0.2) is 0 Å². The fourth-order valence-electron chi connectivity index (χ4n) is 2.39. The zero-order chi connectivity index (χ0) is 15.2. The molecule has 0 saturated carbocycles. The third kappa shape index (κ3) is 3.74. The van der Waals surface area contributed by atoms with Crippen molar-refractivity contribution in [3.8, 4) is 5.75 Å². The molecule has 0 atom stereocenters. The van der Waals surface area contributed by atoms with Crippen molar-refractivity contribution in [2.45, 2.75) is 26.7 Å². The van der Waals surface area contributed by atoms with Crippen LogP contribution in [0, 0.1) is 0 Å². The summed E-state index contributed by atoms with van der Waals surface area (Å²) in [6.07, 6.45) is 1.61. The molecule has 2 rings (SSSR count). The van der Waals surface area contributed by atoms with Crippen molar-refractivity contribution in [3.05, 3.63) is 29.3 Å². The second kappa shape index (κ2) is 7.11. The summed E-state index contributed by atoms with van der Waals surface area (Å²) in [6.45, 7) is 5.24. The van der Waals surface area contributed by atoms with Crippen LogP contribution in [0.1, 0.15) is 36.2 Å². The van der Waals surface area contributed by atoms with E-state index in [2.05, 4.69) is 0 Å². The van der Waals surface area contributed by atoms with Crippen LogP contribution in [0.25, 0.3) is 0 Å². The molecular weight excluding hydrogens is 270 g/mol. The SMILES string of the molecule is CCCN(CC(=O)OCC)C(=O)c1ccc2c(c1)CCO2. The van der Waals surface area contributed by atoms with E-state index in [1.165, 1.54) is 4.90 Å². The molecule has 5 heteroatoms. The predicted molar refractivity (Wildman–Crippen MR) is 78.5 cm³/mol.